The SMILES string of the molecule is CCN(CC)S(=O)(=O)c1nc2nc(C)cc(C)n2n1. The molecule has 0 aliphatic rings. The summed E-state index contributed by atoms with van der Waals surface area (Å²) in [5.74, 6) is 0.309. The summed E-state index contributed by atoms with van der Waals surface area (Å²) in [5, 5.41) is 3.86. The van der Waals surface area contributed by atoms with Gasteiger partial charge in [-0.25, -0.2) is 17.9 Å². The lowest BCUT2D eigenvalue weighted by atomic mass is 10.4. The third-order valence-electron chi connectivity index (χ3n) is 2.87. The molecule has 0 aliphatic heterocycles. The molecule has 2 heterocycles. The minimum Gasteiger partial charge on any atom is -0.216 e. The number of sulfonamides is 1. The summed E-state index contributed by atoms with van der Waals surface area (Å²) in [6.45, 7) is 8.01. The normalized spacial score (nSPS) is 12.5. The standard InChI is InChI=1S/C11H17N5O2S/c1-5-15(6-2)19(17,18)11-13-10-12-8(3)7-9(4)16(10)14-11/h7H,5-6H2,1-4H3. The lowest BCUT2D eigenvalue weighted by Gasteiger charge is -2.15. The molecule has 0 unspecified atom stereocenters. The van der Waals surface area contributed by atoms with E-state index in [1.165, 1.54) is 8.82 Å². The number of aromatic nitrogens is 4. The molecule has 0 amide bonds. The van der Waals surface area contributed by atoms with Crippen molar-refractivity contribution in [3.8, 4) is 0 Å². The van der Waals surface area contributed by atoms with Crippen LogP contribution in [0.4, 0.5) is 0 Å². The van der Waals surface area contributed by atoms with Crippen molar-refractivity contribution in [1.29, 1.82) is 0 Å². The summed E-state index contributed by atoms with van der Waals surface area (Å²) in [6.07, 6.45) is 0. The molecule has 2 aromatic heterocycles. The molecule has 0 atom stereocenters. The summed E-state index contributed by atoms with van der Waals surface area (Å²) < 4.78 is 27.4. The molecule has 0 aliphatic carbocycles. The predicted octanol–water partition coefficient (Wildman–Crippen LogP) is 0.772. The van der Waals surface area contributed by atoms with Gasteiger partial charge in [-0.2, -0.15) is 9.29 Å². The van der Waals surface area contributed by atoms with Crippen molar-refractivity contribution in [2.24, 2.45) is 0 Å². The van der Waals surface area contributed by atoms with E-state index in [9.17, 15) is 8.42 Å². The first-order valence-corrected chi connectivity index (χ1v) is 7.55. The van der Waals surface area contributed by atoms with Crippen LogP contribution in [-0.2, 0) is 10.0 Å². The van der Waals surface area contributed by atoms with Gasteiger partial charge in [0.1, 0.15) is 0 Å². The van der Waals surface area contributed by atoms with Gasteiger partial charge >= 0.3 is 0 Å². The van der Waals surface area contributed by atoms with Gasteiger partial charge in [-0.1, -0.05) is 13.8 Å². The van der Waals surface area contributed by atoms with Crippen LogP contribution in [0.2, 0.25) is 0 Å². The molecule has 0 aromatic carbocycles. The average Bonchev–Trinajstić information content (AvgIpc) is 2.74. The Morgan fingerprint density at radius 3 is 2.42 bits per heavy atom. The van der Waals surface area contributed by atoms with Crippen LogP contribution in [-0.4, -0.2) is 45.4 Å². The fourth-order valence-corrected chi connectivity index (χ4v) is 3.23. The third kappa shape index (κ3) is 2.33. The minimum absolute atomic E-state index is 0.197. The number of hydrogen-bond acceptors (Lipinski definition) is 5. The van der Waals surface area contributed by atoms with E-state index < -0.39 is 10.0 Å². The first kappa shape index (κ1) is 13.9. The largest absolute Gasteiger partial charge is 0.284 e. The van der Waals surface area contributed by atoms with E-state index in [1.54, 1.807) is 13.8 Å². The van der Waals surface area contributed by atoms with Crippen LogP contribution >= 0.6 is 0 Å². The second-order valence-corrected chi connectivity index (χ2v) is 6.07. The van der Waals surface area contributed by atoms with Crippen molar-refractivity contribution in [1.82, 2.24) is 23.9 Å². The monoisotopic (exact) mass is 283 g/mol. The Balaban J connectivity index is 2.61. The van der Waals surface area contributed by atoms with E-state index in [2.05, 4.69) is 15.1 Å². The van der Waals surface area contributed by atoms with Crippen molar-refractivity contribution in [3.63, 3.8) is 0 Å². The van der Waals surface area contributed by atoms with Gasteiger partial charge in [0, 0.05) is 24.5 Å². The summed E-state index contributed by atoms with van der Waals surface area (Å²) in [5.41, 5.74) is 1.58. The van der Waals surface area contributed by atoms with E-state index in [0.717, 1.165) is 11.4 Å². The summed E-state index contributed by atoms with van der Waals surface area (Å²) in [6, 6.07) is 1.83. The van der Waals surface area contributed by atoms with Crippen LogP contribution < -0.4 is 0 Å². The fraction of sp³-hybridized carbons (Fsp3) is 0.545. The highest BCUT2D eigenvalue weighted by atomic mass is 32.2. The zero-order valence-electron chi connectivity index (χ0n) is 11.5. The molecule has 7 nitrogen and oxygen atoms in total. The lowest BCUT2D eigenvalue weighted by molar-refractivity contribution is 0.439. The maximum absolute atomic E-state index is 12.3. The fourth-order valence-electron chi connectivity index (χ4n) is 1.94. The molecule has 104 valence electrons. The first-order valence-electron chi connectivity index (χ1n) is 6.11. The van der Waals surface area contributed by atoms with Crippen LogP contribution in [0.1, 0.15) is 25.2 Å². The number of nitrogens with zero attached hydrogens (tertiary/aromatic N) is 5. The highest BCUT2D eigenvalue weighted by Crippen LogP contribution is 2.13. The lowest BCUT2D eigenvalue weighted by Crippen LogP contribution is -2.31. The van der Waals surface area contributed by atoms with Gasteiger partial charge in [0.2, 0.25) is 0 Å². The number of rotatable bonds is 4. The Morgan fingerprint density at radius 1 is 1.21 bits per heavy atom. The second kappa shape index (κ2) is 4.86. The van der Waals surface area contributed by atoms with Gasteiger partial charge in [0.05, 0.1) is 0 Å². The van der Waals surface area contributed by atoms with E-state index >= 15 is 0 Å². The van der Waals surface area contributed by atoms with Crippen LogP contribution in [0.5, 0.6) is 0 Å². The molecule has 8 heteroatoms. The molecule has 2 aromatic rings. The van der Waals surface area contributed by atoms with Crippen molar-refractivity contribution in [2.45, 2.75) is 32.9 Å². The summed E-state index contributed by atoms with van der Waals surface area (Å²) >= 11 is 0. The molecule has 0 radical (unpaired) electrons. The maximum Gasteiger partial charge on any atom is 0.284 e. The third-order valence-corrected chi connectivity index (χ3v) is 4.71. The molecular weight excluding hydrogens is 266 g/mol. The summed E-state index contributed by atoms with van der Waals surface area (Å²) in [4.78, 5) is 8.22. The van der Waals surface area contributed by atoms with Gasteiger partial charge in [-0.05, 0) is 19.9 Å². The molecule has 0 bridgehead atoms. The summed E-state index contributed by atoms with van der Waals surface area (Å²) in [7, 11) is -3.64. The maximum atomic E-state index is 12.3. The van der Waals surface area contributed by atoms with Crippen molar-refractivity contribution < 1.29 is 8.42 Å². The number of aryl methyl sites for hydroxylation is 2. The Labute approximate surface area is 112 Å². The van der Waals surface area contributed by atoms with Crippen molar-refractivity contribution >= 4 is 15.8 Å². The zero-order valence-corrected chi connectivity index (χ0v) is 12.3. The number of hydrogen-bond donors (Lipinski definition) is 0. The van der Waals surface area contributed by atoms with Gasteiger partial charge in [-0.15, -0.1) is 5.10 Å². The van der Waals surface area contributed by atoms with Crippen LogP contribution in [0.3, 0.4) is 0 Å². The quantitative estimate of drug-likeness (QED) is 0.828. The second-order valence-electron chi connectivity index (χ2n) is 4.23. The predicted molar refractivity (Wildman–Crippen MR) is 70.4 cm³/mol. The Kier molecular flexibility index (Phi) is 3.55. The Bertz CT molecular complexity index is 703. The smallest absolute Gasteiger partial charge is 0.216 e. The Hall–Kier alpha value is -1.54. The molecule has 2 rings (SSSR count). The van der Waals surface area contributed by atoms with E-state index in [4.69, 9.17) is 0 Å². The highest BCUT2D eigenvalue weighted by Gasteiger charge is 2.27. The molecule has 0 N–H and O–H groups in total. The highest BCUT2D eigenvalue weighted by molar-refractivity contribution is 7.88. The van der Waals surface area contributed by atoms with Gasteiger partial charge in [0.15, 0.2) is 0 Å². The molecule has 0 saturated carbocycles. The molecule has 19 heavy (non-hydrogen) atoms. The molecule has 0 saturated heterocycles. The van der Waals surface area contributed by atoms with E-state index in [1.807, 2.05) is 19.9 Å². The zero-order chi connectivity index (χ0) is 14.2. The molecule has 0 fully saturated rings. The minimum atomic E-state index is -3.64. The van der Waals surface area contributed by atoms with Gasteiger partial charge in [-0.3, -0.25) is 0 Å². The number of fused-ring (bicyclic) bond motifs is 1. The van der Waals surface area contributed by atoms with Crippen molar-refractivity contribution in [3.05, 3.63) is 17.5 Å². The average molecular weight is 283 g/mol. The Morgan fingerprint density at radius 2 is 1.84 bits per heavy atom. The topological polar surface area (TPSA) is 80.5 Å². The molecular formula is C11H17N5O2S. The van der Waals surface area contributed by atoms with Crippen molar-refractivity contribution in [2.75, 3.05) is 13.1 Å². The van der Waals surface area contributed by atoms with Crippen LogP contribution in [0.15, 0.2) is 11.2 Å². The van der Waals surface area contributed by atoms with Gasteiger partial charge < -0.3 is 0 Å². The van der Waals surface area contributed by atoms with Crippen LogP contribution in [0.25, 0.3) is 5.78 Å². The van der Waals surface area contributed by atoms with Crippen LogP contribution in [0, 0.1) is 13.8 Å². The van der Waals surface area contributed by atoms with Gasteiger partial charge in [0.25, 0.3) is 21.0 Å². The molecule has 0 spiro atoms. The van der Waals surface area contributed by atoms with E-state index in [-0.39, 0.29) is 5.16 Å². The van der Waals surface area contributed by atoms with E-state index in [0.29, 0.717) is 18.9 Å². The first-order chi connectivity index (χ1) is 8.90.